The lowest BCUT2D eigenvalue weighted by molar-refractivity contribution is 0.205. The molecule has 0 aliphatic rings. The Morgan fingerprint density at radius 1 is 1.40 bits per heavy atom. The maximum atomic E-state index is 5.51. The monoisotopic (exact) mass is 209 g/mol. The van der Waals surface area contributed by atoms with Crippen molar-refractivity contribution in [3.63, 3.8) is 0 Å². The van der Waals surface area contributed by atoms with Gasteiger partial charge in [0.15, 0.2) is 0 Å². The number of nitrogens with zero attached hydrogens (tertiary/aromatic N) is 2. The van der Waals surface area contributed by atoms with E-state index in [2.05, 4.69) is 9.88 Å². The molecule has 4 nitrogen and oxygen atoms in total. The number of rotatable bonds is 7. The number of methoxy groups -OCH3 is 1. The molecule has 0 saturated heterocycles. The van der Waals surface area contributed by atoms with Crippen LogP contribution in [0.5, 0.6) is 0 Å². The third kappa shape index (κ3) is 4.27. The summed E-state index contributed by atoms with van der Waals surface area (Å²) in [4.78, 5) is 6.51. The molecule has 4 heteroatoms. The molecule has 0 spiro atoms. The minimum Gasteiger partial charge on any atom is -0.383 e. The van der Waals surface area contributed by atoms with Crippen LogP contribution in [0.1, 0.15) is 6.42 Å². The molecule has 1 aromatic rings. The predicted octanol–water partition coefficient (Wildman–Crippen LogP) is 0.883. The Hall–Kier alpha value is -1.13. The summed E-state index contributed by atoms with van der Waals surface area (Å²) in [6.45, 7) is 3.20. The summed E-state index contributed by atoms with van der Waals surface area (Å²) in [6.07, 6.45) is 2.78. The Morgan fingerprint density at radius 2 is 2.27 bits per heavy atom. The van der Waals surface area contributed by atoms with E-state index in [4.69, 9.17) is 10.5 Å². The maximum Gasteiger partial charge on any atom is 0.128 e. The molecule has 15 heavy (non-hydrogen) atoms. The molecular formula is C11H19N3O. The van der Waals surface area contributed by atoms with E-state index in [1.807, 2.05) is 18.2 Å². The maximum absolute atomic E-state index is 5.51. The first kappa shape index (κ1) is 11.9. The van der Waals surface area contributed by atoms with Crippen LogP contribution < -0.4 is 10.6 Å². The molecule has 0 fully saturated rings. The summed E-state index contributed by atoms with van der Waals surface area (Å²) >= 11 is 0. The first-order valence-electron chi connectivity index (χ1n) is 5.23. The summed E-state index contributed by atoms with van der Waals surface area (Å²) in [5.74, 6) is 0.989. The molecule has 0 bridgehead atoms. The zero-order valence-electron chi connectivity index (χ0n) is 9.22. The number of aromatic nitrogens is 1. The molecule has 1 rings (SSSR count). The second-order valence-electron chi connectivity index (χ2n) is 3.31. The van der Waals surface area contributed by atoms with Crippen LogP contribution in [0.2, 0.25) is 0 Å². The average Bonchev–Trinajstić information content (AvgIpc) is 2.30. The number of anilines is 1. The van der Waals surface area contributed by atoms with Gasteiger partial charge in [-0.15, -0.1) is 0 Å². The fourth-order valence-corrected chi connectivity index (χ4v) is 1.37. The van der Waals surface area contributed by atoms with E-state index >= 15 is 0 Å². The van der Waals surface area contributed by atoms with E-state index in [0.29, 0.717) is 13.2 Å². The van der Waals surface area contributed by atoms with E-state index in [-0.39, 0.29) is 0 Å². The Bertz CT molecular complexity index is 245. The van der Waals surface area contributed by atoms with Gasteiger partial charge in [-0.3, -0.25) is 0 Å². The van der Waals surface area contributed by atoms with Gasteiger partial charge in [0.05, 0.1) is 6.61 Å². The minimum absolute atomic E-state index is 0.705. The van der Waals surface area contributed by atoms with Gasteiger partial charge in [-0.1, -0.05) is 6.07 Å². The highest BCUT2D eigenvalue weighted by molar-refractivity contribution is 5.37. The van der Waals surface area contributed by atoms with Crippen molar-refractivity contribution in [3.8, 4) is 0 Å². The van der Waals surface area contributed by atoms with Gasteiger partial charge in [0.2, 0.25) is 0 Å². The number of nitrogens with two attached hydrogens (primary N) is 1. The summed E-state index contributed by atoms with van der Waals surface area (Å²) < 4.78 is 5.07. The highest BCUT2D eigenvalue weighted by Crippen LogP contribution is 2.08. The quantitative estimate of drug-likeness (QED) is 0.724. The first-order valence-corrected chi connectivity index (χ1v) is 5.23. The van der Waals surface area contributed by atoms with Crippen LogP contribution in [0.3, 0.4) is 0 Å². The van der Waals surface area contributed by atoms with Gasteiger partial charge in [0.25, 0.3) is 0 Å². The Morgan fingerprint density at radius 3 is 2.87 bits per heavy atom. The van der Waals surface area contributed by atoms with E-state index < -0.39 is 0 Å². The highest BCUT2D eigenvalue weighted by Gasteiger charge is 2.05. The standard InChI is InChI=1S/C11H19N3O/c1-15-10-9-14(8-4-6-12)11-5-2-3-7-13-11/h2-3,5,7H,4,6,8-10,12H2,1H3. The van der Waals surface area contributed by atoms with Crippen molar-refractivity contribution in [1.29, 1.82) is 0 Å². The van der Waals surface area contributed by atoms with Crippen LogP contribution in [0.15, 0.2) is 24.4 Å². The molecule has 2 N–H and O–H groups in total. The van der Waals surface area contributed by atoms with E-state index in [1.54, 1.807) is 13.3 Å². The summed E-state index contributed by atoms with van der Waals surface area (Å²) in [7, 11) is 1.71. The molecule has 1 heterocycles. The van der Waals surface area contributed by atoms with Crippen molar-refractivity contribution in [3.05, 3.63) is 24.4 Å². The smallest absolute Gasteiger partial charge is 0.128 e. The number of hydrogen-bond donors (Lipinski definition) is 1. The third-order valence-corrected chi connectivity index (χ3v) is 2.17. The molecule has 0 aliphatic carbocycles. The lowest BCUT2D eigenvalue weighted by Gasteiger charge is -2.22. The summed E-state index contributed by atoms with van der Waals surface area (Å²) in [6, 6.07) is 5.91. The lowest BCUT2D eigenvalue weighted by atomic mass is 10.3. The third-order valence-electron chi connectivity index (χ3n) is 2.17. The molecule has 0 amide bonds. The fourth-order valence-electron chi connectivity index (χ4n) is 1.37. The van der Waals surface area contributed by atoms with Gasteiger partial charge < -0.3 is 15.4 Å². The average molecular weight is 209 g/mol. The molecule has 0 aromatic carbocycles. The van der Waals surface area contributed by atoms with Crippen LogP contribution >= 0.6 is 0 Å². The zero-order chi connectivity index (χ0) is 10.9. The predicted molar refractivity (Wildman–Crippen MR) is 62.0 cm³/mol. The lowest BCUT2D eigenvalue weighted by Crippen LogP contribution is -2.30. The SMILES string of the molecule is COCCN(CCCN)c1ccccn1. The first-order chi connectivity index (χ1) is 7.38. The van der Waals surface area contributed by atoms with Gasteiger partial charge in [0, 0.05) is 26.4 Å². The number of pyridine rings is 1. The molecule has 0 saturated carbocycles. The molecule has 84 valence electrons. The van der Waals surface area contributed by atoms with Crippen LogP contribution in [-0.4, -0.2) is 38.3 Å². The Labute approximate surface area is 91.1 Å². The highest BCUT2D eigenvalue weighted by atomic mass is 16.5. The minimum atomic E-state index is 0.705. The Kier molecular flexibility index (Phi) is 5.73. The van der Waals surface area contributed by atoms with Gasteiger partial charge in [-0.05, 0) is 25.1 Å². The van der Waals surface area contributed by atoms with Crippen molar-refractivity contribution < 1.29 is 4.74 Å². The van der Waals surface area contributed by atoms with Gasteiger partial charge in [0.1, 0.15) is 5.82 Å². The van der Waals surface area contributed by atoms with Crippen LogP contribution in [0.25, 0.3) is 0 Å². The molecule has 1 aromatic heterocycles. The van der Waals surface area contributed by atoms with Crippen LogP contribution in [0.4, 0.5) is 5.82 Å². The van der Waals surface area contributed by atoms with Crippen LogP contribution in [0, 0.1) is 0 Å². The van der Waals surface area contributed by atoms with Crippen molar-refractivity contribution >= 4 is 5.82 Å². The van der Waals surface area contributed by atoms with Crippen molar-refractivity contribution in [2.24, 2.45) is 5.73 Å². The van der Waals surface area contributed by atoms with Gasteiger partial charge >= 0.3 is 0 Å². The van der Waals surface area contributed by atoms with Crippen molar-refractivity contribution in [2.75, 3.05) is 38.3 Å². The van der Waals surface area contributed by atoms with Crippen LogP contribution in [-0.2, 0) is 4.74 Å². The zero-order valence-corrected chi connectivity index (χ0v) is 9.22. The Balaban J connectivity index is 2.55. The number of hydrogen-bond acceptors (Lipinski definition) is 4. The summed E-state index contributed by atoms with van der Waals surface area (Å²) in [5.41, 5.74) is 5.51. The molecule has 0 atom stereocenters. The van der Waals surface area contributed by atoms with Gasteiger partial charge in [-0.25, -0.2) is 4.98 Å². The summed E-state index contributed by atoms with van der Waals surface area (Å²) in [5, 5.41) is 0. The van der Waals surface area contributed by atoms with E-state index in [0.717, 1.165) is 25.3 Å². The molecule has 0 radical (unpaired) electrons. The molecule has 0 aliphatic heterocycles. The normalized spacial score (nSPS) is 10.3. The molecule has 0 unspecified atom stereocenters. The second kappa shape index (κ2) is 7.20. The van der Waals surface area contributed by atoms with Gasteiger partial charge in [-0.2, -0.15) is 0 Å². The second-order valence-corrected chi connectivity index (χ2v) is 3.31. The van der Waals surface area contributed by atoms with Crippen molar-refractivity contribution in [1.82, 2.24) is 4.98 Å². The largest absolute Gasteiger partial charge is 0.383 e. The topological polar surface area (TPSA) is 51.4 Å². The van der Waals surface area contributed by atoms with E-state index in [1.165, 1.54) is 0 Å². The molecular weight excluding hydrogens is 190 g/mol. The fraction of sp³-hybridized carbons (Fsp3) is 0.545. The van der Waals surface area contributed by atoms with Crippen molar-refractivity contribution in [2.45, 2.75) is 6.42 Å². The number of ether oxygens (including phenoxy) is 1. The van der Waals surface area contributed by atoms with E-state index in [9.17, 15) is 0 Å².